The Bertz CT molecular complexity index is 222. The molecule has 0 atom stereocenters. The number of hydrogen-bond acceptors (Lipinski definition) is 4. The molecule has 0 bridgehead atoms. The van der Waals surface area contributed by atoms with E-state index in [-0.39, 0.29) is 5.60 Å². The molecular formula is C14H28N2O2. The lowest BCUT2D eigenvalue weighted by atomic mass is 9.94. The van der Waals surface area contributed by atoms with E-state index in [1.165, 1.54) is 25.7 Å². The van der Waals surface area contributed by atoms with Crippen LogP contribution >= 0.6 is 0 Å². The first-order chi connectivity index (χ1) is 8.85. The van der Waals surface area contributed by atoms with Crippen molar-refractivity contribution in [3.05, 3.63) is 0 Å². The number of morpholine rings is 1. The molecule has 0 aromatic carbocycles. The van der Waals surface area contributed by atoms with Crippen molar-refractivity contribution in [2.24, 2.45) is 5.73 Å². The van der Waals surface area contributed by atoms with Crippen LogP contribution in [-0.4, -0.2) is 56.5 Å². The number of rotatable bonds is 5. The molecule has 0 unspecified atom stereocenters. The molecule has 2 rings (SSSR count). The first-order valence-electron chi connectivity index (χ1n) is 7.49. The molecule has 1 saturated carbocycles. The minimum atomic E-state index is -0.0250. The zero-order valence-electron chi connectivity index (χ0n) is 11.5. The molecule has 1 aliphatic heterocycles. The standard InChI is InChI=1S/C14H28N2O2/c15-13-14(5-3-1-2-4-6-14)18-12-9-16-7-10-17-11-8-16/h1-13,15H2. The maximum Gasteiger partial charge on any atom is 0.0804 e. The van der Waals surface area contributed by atoms with Gasteiger partial charge in [-0.1, -0.05) is 25.7 Å². The first kappa shape index (κ1) is 14.3. The fraction of sp³-hybridized carbons (Fsp3) is 1.00. The molecule has 0 aromatic heterocycles. The molecule has 2 N–H and O–H groups in total. The van der Waals surface area contributed by atoms with Crippen LogP contribution in [0.1, 0.15) is 38.5 Å². The summed E-state index contributed by atoms with van der Waals surface area (Å²) in [6.45, 7) is 6.32. The summed E-state index contributed by atoms with van der Waals surface area (Å²) in [5.74, 6) is 0. The van der Waals surface area contributed by atoms with Crippen LogP contribution in [0.3, 0.4) is 0 Å². The molecule has 0 spiro atoms. The third-order valence-electron chi connectivity index (χ3n) is 4.31. The number of ether oxygens (including phenoxy) is 2. The molecule has 2 fully saturated rings. The summed E-state index contributed by atoms with van der Waals surface area (Å²) in [6.07, 6.45) is 7.52. The molecule has 4 heteroatoms. The van der Waals surface area contributed by atoms with Gasteiger partial charge in [0.05, 0.1) is 25.4 Å². The number of nitrogens with zero attached hydrogens (tertiary/aromatic N) is 1. The van der Waals surface area contributed by atoms with Crippen molar-refractivity contribution < 1.29 is 9.47 Å². The summed E-state index contributed by atoms with van der Waals surface area (Å²) in [5.41, 5.74) is 5.94. The summed E-state index contributed by atoms with van der Waals surface area (Å²) < 4.78 is 11.5. The van der Waals surface area contributed by atoms with Crippen LogP contribution in [0.25, 0.3) is 0 Å². The maximum atomic E-state index is 6.20. The molecule has 0 aromatic rings. The molecule has 106 valence electrons. The molecular weight excluding hydrogens is 228 g/mol. The highest BCUT2D eigenvalue weighted by Crippen LogP contribution is 2.29. The second-order valence-corrected chi connectivity index (χ2v) is 5.60. The van der Waals surface area contributed by atoms with Gasteiger partial charge in [-0.3, -0.25) is 4.90 Å². The van der Waals surface area contributed by atoms with Gasteiger partial charge in [-0.05, 0) is 12.8 Å². The Morgan fingerprint density at radius 3 is 2.33 bits per heavy atom. The Labute approximate surface area is 111 Å². The molecule has 4 nitrogen and oxygen atoms in total. The smallest absolute Gasteiger partial charge is 0.0804 e. The third-order valence-corrected chi connectivity index (χ3v) is 4.31. The van der Waals surface area contributed by atoms with Gasteiger partial charge in [0.1, 0.15) is 0 Å². The lowest BCUT2D eigenvalue weighted by Crippen LogP contribution is -2.44. The Hall–Kier alpha value is -0.160. The van der Waals surface area contributed by atoms with E-state index < -0.39 is 0 Å². The molecule has 1 saturated heterocycles. The minimum Gasteiger partial charge on any atom is -0.379 e. The van der Waals surface area contributed by atoms with Crippen molar-refractivity contribution in [2.75, 3.05) is 46.0 Å². The van der Waals surface area contributed by atoms with E-state index in [9.17, 15) is 0 Å². The SMILES string of the molecule is NCC1(OCCN2CCOCC2)CCCCCC1. The zero-order valence-corrected chi connectivity index (χ0v) is 11.5. The monoisotopic (exact) mass is 256 g/mol. The van der Waals surface area contributed by atoms with Crippen LogP contribution in [-0.2, 0) is 9.47 Å². The summed E-state index contributed by atoms with van der Waals surface area (Å²) in [5, 5.41) is 0. The average molecular weight is 256 g/mol. The Kier molecular flexibility index (Phi) is 5.89. The van der Waals surface area contributed by atoms with E-state index in [4.69, 9.17) is 15.2 Å². The average Bonchev–Trinajstić information content (AvgIpc) is 2.66. The molecule has 18 heavy (non-hydrogen) atoms. The van der Waals surface area contributed by atoms with Gasteiger partial charge in [-0.2, -0.15) is 0 Å². The minimum absolute atomic E-state index is 0.0250. The van der Waals surface area contributed by atoms with Crippen LogP contribution in [0, 0.1) is 0 Å². The topological polar surface area (TPSA) is 47.7 Å². The van der Waals surface area contributed by atoms with Crippen LogP contribution in [0.15, 0.2) is 0 Å². The normalized spacial score (nSPS) is 25.8. The van der Waals surface area contributed by atoms with E-state index in [1.807, 2.05) is 0 Å². The van der Waals surface area contributed by atoms with Gasteiger partial charge in [0.25, 0.3) is 0 Å². The quantitative estimate of drug-likeness (QED) is 0.755. The summed E-state index contributed by atoms with van der Waals surface area (Å²) in [7, 11) is 0. The second kappa shape index (κ2) is 7.43. The van der Waals surface area contributed by atoms with Crippen molar-refractivity contribution in [1.29, 1.82) is 0 Å². The fourth-order valence-electron chi connectivity index (χ4n) is 3.00. The van der Waals surface area contributed by atoms with Gasteiger partial charge in [0, 0.05) is 26.2 Å². The molecule has 0 radical (unpaired) electrons. The van der Waals surface area contributed by atoms with Gasteiger partial charge in [0.15, 0.2) is 0 Å². The largest absolute Gasteiger partial charge is 0.379 e. The Morgan fingerprint density at radius 1 is 1.06 bits per heavy atom. The van der Waals surface area contributed by atoms with Crippen LogP contribution < -0.4 is 5.73 Å². The van der Waals surface area contributed by atoms with E-state index >= 15 is 0 Å². The van der Waals surface area contributed by atoms with Crippen LogP contribution in [0.4, 0.5) is 0 Å². The molecule has 1 aliphatic carbocycles. The summed E-state index contributed by atoms with van der Waals surface area (Å²) in [4.78, 5) is 2.42. The van der Waals surface area contributed by atoms with Crippen molar-refractivity contribution >= 4 is 0 Å². The molecule has 2 aliphatic rings. The highest BCUT2D eigenvalue weighted by molar-refractivity contribution is 4.84. The van der Waals surface area contributed by atoms with Crippen molar-refractivity contribution in [3.8, 4) is 0 Å². The number of hydrogen-bond donors (Lipinski definition) is 1. The predicted octanol–water partition coefficient (Wildman–Crippen LogP) is 1.39. The third kappa shape index (κ3) is 4.19. The Balaban J connectivity index is 1.71. The van der Waals surface area contributed by atoms with Gasteiger partial charge in [-0.15, -0.1) is 0 Å². The molecule has 0 amide bonds. The van der Waals surface area contributed by atoms with Gasteiger partial charge < -0.3 is 15.2 Å². The lowest BCUT2D eigenvalue weighted by molar-refractivity contribution is -0.0630. The summed E-state index contributed by atoms with van der Waals surface area (Å²) in [6, 6.07) is 0. The zero-order chi connectivity index (χ0) is 12.7. The van der Waals surface area contributed by atoms with Crippen molar-refractivity contribution in [1.82, 2.24) is 4.90 Å². The van der Waals surface area contributed by atoms with Gasteiger partial charge in [0.2, 0.25) is 0 Å². The number of nitrogens with two attached hydrogens (primary N) is 1. The van der Waals surface area contributed by atoms with E-state index in [0.717, 1.165) is 52.3 Å². The second-order valence-electron chi connectivity index (χ2n) is 5.60. The van der Waals surface area contributed by atoms with Crippen LogP contribution in [0.2, 0.25) is 0 Å². The summed E-state index contributed by atoms with van der Waals surface area (Å²) >= 11 is 0. The highest BCUT2D eigenvalue weighted by atomic mass is 16.5. The lowest BCUT2D eigenvalue weighted by Gasteiger charge is -2.33. The van der Waals surface area contributed by atoms with Crippen molar-refractivity contribution in [2.45, 2.75) is 44.1 Å². The van der Waals surface area contributed by atoms with E-state index in [2.05, 4.69) is 4.90 Å². The van der Waals surface area contributed by atoms with Crippen molar-refractivity contribution in [3.63, 3.8) is 0 Å². The van der Waals surface area contributed by atoms with E-state index in [0.29, 0.717) is 6.54 Å². The van der Waals surface area contributed by atoms with Gasteiger partial charge in [-0.25, -0.2) is 0 Å². The maximum absolute atomic E-state index is 6.20. The van der Waals surface area contributed by atoms with Gasteiger partial charge >= 0.3 is 0 Å². The van der Waals surface area contributed by atoms with Crippen LogP contribution in [0.5, 0.6) is 0 Å². The Morgan fingerprint density at radius 2 is 1.72 bits per heavy atom. The predicted molar refractivity (Wildman–Crippen MR) is 72.7 cm³/mol. The molecule has 1 heterocycles. The highest BCUT2D eigenvalue weighted by Gasteiger charge is 2.30. The van der Waals surface area contributed by atoms with E-state index in [1.54, 1.807) is 0 Å². The first-order valence-corrected chi connectivity index (χ1v) is 7.49. The fourth-order valence-corrected chi connectivity index (χ4v) is 3.00.